The molecule has 0 radical (unpaired) electrons. The summed E-state index contributed by atoms with van der Waals surface area (Å²) in [5.74, 6) is -0.879. The Morgan fingerprint density at radius 2 is 0.607 bits per heavy atom. The first-order valence-electron chi connectivity index (χ1n) is 24.3. The number of carbonyl (C=O) groups is 3. The van der Waals surface area contributed by atoms with Gasteiger partial charge in [0.25, 0.3) is 0 Å². The Hall–Kier alpha value is -2.11. The Labute approximate surface area is 347 Å². The number of hydrogen-bond acceptors (Lipinski definition) is 6. The number of carbonyl (C=O) groups excluding carboxylic acids is 3. The van der Waals surface area contributed by atoms with Gasteiger partial charge in [0.2, 0.25) is 0 Å². The predicted molar refractivity (Wildman–Crippen MR) is 238 cm³/mol. The second-order valence-corrected chi connectivity index (χ2v) is 16.4. The Morgan fingerprint density at radius 3 is 0.964 bits per heavy atom. The minimum absolute atomic E-state index is 0.0724. The predicted octanol–water partition coefficient (Wildman–Crippen LogP) is 15.6. The third-order valence-corrected chi connectivity index (χ3v) is 10.7. The van der Waals surface area contributed by atoms with Crippen LogP contribution in [0.5, 0.6) is 0 Å². The van der Waals surface area contributed by atoms with Crippen LogP contribution in [0.25, 0.3) is 0 Å². The Morgan fingerprint density at radius 1 is 0.339 bits per heavy atom. The summed E-state index contributed by atoms with van der Waals surface area (Å²) in [6, 6.07) is 0. The lowest BCUT2D eigenvalue weighted by Crippen LogP contribution is -2.30. The van der Waals surface area contributed by atoms with Crippen molar-refractivity contribution in [3.05, 3.63) is 24.3 Å². The number of rotatable bonds is 44. The van der Waals surface area contributed by atoms with Crippen molar-refractivity contribution in [3.8, 4) is 0 Å². The lowest BCUT2D eigenvalue weighted by atomic mass is 10.0. The molecule has 0 aromatic rings. The lowest BCUT2D eigenvalue weighted by molar-refractivity contribution is -0.167. The fourth-order valence-corrected chi connectivity index (χ4v) is 6.95. The highest BCUT2D eigenvalue weighted by Crippen LogP contribution is 2.15. The topological polar surface area (TPSA) is 78.9 Å². The van der Waals surface area contributed by atoms with Gasteiger partial charge in [0.15, 0.2) is 6.10 Å². The summed E-state index contributed by atoms with van der Waals surface area (Å²) in [4.78, 5) is 37.8. The molecule has 0 heterocycles. The fourth-order valence-electron chi connectivity index (χ4n) is 6.95. The van der Waals surface area contributed by atoms with Crippen LogP contribution in [0.4, 0.5) is 0 Å². The van der Waals surface area contributed by atoms with Gasteiger partial charge in [-0.2, -0.15) is 0 Å². The van der Waals surface area contributed by atoms with Crippen LogP contribution < -0.4 is 0 Å². The molecule has 0 rings (SSSR count). The molecule has 0 amide bonds. The van der Waals surface area contributed by atoms with Gasteiger partial charge in [-0.05, 0) is 64.2 Å². The van der Waals surface area contributed by atoms with Crippen molar-refractivity contribution in [1.29, 1.82) is 0 Å². The SMILES string of the molecule is CCCC/C=C\CCCCCCCC(=O)OC[C@H](COC(=O)CCCCCCCCCCCCCC)OC(=O)CCCCCCCCC/C=C\CCCCCC. The maximum Gasteiger partial charge on any atom is 0.306 e. The lowest BCUT2D eigenvalue weighted by Gasteiger charge is -2.18. The van der Waals surface area contributed by atoms with Gasteiger partial charge in [-0.15, -0.1) is 0 Å². The standard InChI is InChI=1S/C50H92O6/c1-4-7-10-13-16-19-22-24-25-26-29-32-35-38-41-44-50(53)56-47(45-54-48(51)42-39-36-33-30-27-21-18-15-12-9-6-3)46-55-49(52)43-40-37-34-31-28-23-20-17-14-11-8-5-2/h15,18-19,22,47H,4-14,16-17,20-21,23-46H2,1-3H3/b18-15-,22-19-/t47-/m1/s1. The maximum atomic E-state index is 12.7. The van der Waals surface area contributed by atoms with Crippen molar-refractivity contribution in [3.63, 3.8) is 0 Å². The highest BCUT2D eigenvalue weighted by atomic mass is 16.6. The number of ether oxygens (including phenoxy) is 3. The first kappa shape index (κ1) is 53.9. The monoisotopic (exact) mass is 789 g/mol. The van der Waals surface area contributed by atoms with E-state index in [2.05, 4.69) is 45.1 Å². The number of hydrogen-bond donors (Lipinski definition) is 0. The highest BCUT2D eigenvalue weighted by Gasteiger charge is 2.19. The van der Waals surface area contributed by atoms with E-state index in [0.29, 0.717) is 19.3 Å². The zero-order chi connectivity index (χ0) is 40.8. The van der Waals surface area contributed by atoms with E-state index in [-0.39, 0.29) is 31.1 Å². The summed E-state index contributed by atoms with van der Waals surface area (Å²) < 4.78 is 16.7. The first-order chi connectivity index (χ1) is 27.5. The van der Waals surface area contributed by atoms with Crippen LogP contribution in [0.3, 0.4) is 0 Å². The molecule has 0 aliphatic rings. The van der Waals surface area contributed by atoms with Crippen LogP contribution in [-0.2, 0) is 28.6 Å². The second-order valence-electron chi connectivity index (χ2n) is 16.4. The van der Waals surface area contributed by atoms with Gasteiger partial charge in [-0.3, -0.25) is 14.4 Å². The molecule has 0 aliphatic carbocycles. The molecule has 6 heteroatoms. The molecule has 328 valence electrons. The molecule has 0 bridgehead atoms. The van der Waals surface area contributed by atoms with Crippen LogP contribution in [0, 0.1) is 0 Å². The summed E-state index contributed by atoms with van der Waals surface area (Å²) in [6.07, 6.45) is 50.1. The fraction of sp³-hybridized carbons (Fsp3) is 0.860. The van der Waals surface area contributed by atoms with Crippen molar-refractivity contribution in [2.45, 2.75) is 264 Å². The van der Waals surface area contributed by atoms with Crippen molar-refractivity contribution in [1.82, 2.24) is 0 Å². The number of allylic oxidation sites excluding steroid dienone is 4. The summed E-state index contributed by atoms with van der Waals surface area (Å²) in [6.45, 7) is 6.58. The van der Waals surface area contributed by atoms with Crippen LogP contribution >= 0.6 is 0 Å². The zero-order valence-corrected chi connectivity index (χ0v) is 37.4. The third-order valence-electron chi connectivity index (χ3n) is 10.7. The number of esters is 3. The van der Waals surface area contributed by atoms with Crippen molar-refractivity contribution in [2.24, 2.45) is 0 Å². The average Bonchev–Trinajstić information content (AvgIpc) is 3.19. The van der Waals surface area contributed by atoms with Crippen LogP contribution in [-0.4, -0.2) is 37.2 Å². The third kappa shape index (κ3) is 43.0. The van der Waals surface area contributed by atoms with E-state index < -0.39 is 6.10 Å². The molecule has 0 aromatic carbocycles. The Balaban J connectivity index is 4.36. The van der Waals surface area contributed by atoms with Crippen molar-refractivity contribution >= 4 is 17.9 Å². The Bertz CT molecular complexity index is 911. The minimum atomic E-state index is -0.770. The molecule has 0 unspecified atom stereocenters. The second kappa shape index (κ2) is 45.6. The quantitative estimate of drug-likeness (QED) is 0.0265. The van der Waals surface area contributed by atoms with E-state index in [1.165, 1.54) is 154 Å². The maximum absolute atomic E-state index is 12.7. The molecule has 0 spiro atoms. The van der Waals surface area contributed by atoms with Gasteiger partial charge in [0, 0.05) is 19.3 Å². The molecule has 6 nitrogen and oxygen atoms in total. The zero-order valence-electron chi connectivity index (χ0n) is 37.4. The molecule has 0 N–H and O–H groups in total. The molecule has 0 saturated heterocycles. The summed E-state index contributed by atoms with van der Waals surface area (Å²) in [5.41, 5.74) is 0. The molecule has 0 saturated carbocycles. The summed E-state index contributed by atoms with van der Waals surface area (Å²) in [7, 11) is 0. The minimum Gasteiger partial charge on any atom is -0.462 e. The van der Waals surface area contributed by atoms with E-state index >= 15 is 0 Å². The van der Waals surface area contributed by atoms with E-state index in [1.54, 1.807) is 0 Å². The molecule has 0 aromatic heterocycles. The van der Waals surface area contributed by atoms with Gasteiger partial charge >= 0.3 is 17.9 Å². The largest absolute Gasteiger partial charge is 0.462 e. The van der Waals surface area contributed by atoms with Crippen molar-refractivity contribution < 1.29 is 28.6 Å². The molecular weight excluding hydrogens is 697 g/mol. The highest BCUT2D eigenvalue weighted by molar-refractivity contribution is 5.71. The summed E-state index contributed by atoms with van der Waals surface area (Å²) in [5, 5.41) is 0. The van der Waals surface area contributed by atoms with E-state index in [9.17, 15) is 14.4 Å². The van der Waals surface area contributed by atoms with Gasteiger partial charge in [-0.1, -0.05) is 199 Å². The van der Waals surface area contributed by atoms with Crippen LogP contribution in [0.2, 0.25) is 0 Å². The first-order valence-corrected chi connectivity index (χ1v) is 24.3. The van der Waals surface area contributed by atoms with Crippen LogP contribution in [0.15, 0.2) is 24.3 Å². The number of unbranched alkanes of at least 4 members (excludes halogenated alkanes) is 29. The molecule has 56 heavy (non-hydrogen) atoms. The molecule has 0 aliphatic heterocycles. The molecule has 1 atom stereocenters. The van der Waals surface area contributed by atoms with Gasteiger partial charge in [0.05, 0.1) is 0 Å². The van der Waals surface area contributed by atoms with Crippen LogP contribution in [0.1, 0.15) is 258 Å². The average molecular weight is 789 g/mol. The van der Waals surface area contributed by atoms with Crippen molar-refractivity contribution in [2.75, 3.05) is 13.2 Å². The normalized spacial score (nSPS) is 12.1. The smallest absolute Gasteiger partial charge is 0.306 e. The van der Waals surface area contributed by atoms with E-state index in [0.717, 1.165) is 64.2 Å². The summed E-state index contributed by atoms with van der Waals surface area (Å²) >= 11 is 0. The molecular formula is C50H92O6. The van der Waals surface area contributed by atoms with Gasteiger partial charge in [-0.25, -0.2) is 0 Å². The Kier molecular flexibility index (Phi) is 43.9. The van der Waals surface area contributed by atoms with E-state index in [4.69, 9.17) is 14.2 Å². The van der Waals surface area contributed by atoms with Gasteiger partial charge < -0.3 is 14.2 Å². The van der Waals surface area contributed by atoms with Gasteiger partial charge in [0.1, 0.15) is 13.2 Å². The molecule has 0 fully saturated rings. The van der Waals surface area contributed by atoms with E-state index in [1.807, 2.05) is 0 Å².